The van der Waals surface area contributed by atoms with Crippen LogP contribution < -0.4 is 0 Å². The molecule has 0 radical (unpaired) electrons. The molecule has 0 saturated heterocycles. The minimum absolute atomic E-state index is 0.109. The average molecular weight is 366 g/mol. The average Bonchev–Trinajstić information content (AvgIpc) is 3.26. The fourth-order valence-corrected chi connectivity index (χ4v) is 3.67. The van der Waals surface area contributed by atoms with Crippen LogP contribution in [-0.4, -0.2) is 10.2 Å². The maximum atomic E-state index is 10.1. The molecule has 0 aliphatic heterocycles. The molecule has 1 aliphatic carbocycles. The van der Waals surface area contributed by atoms with Gasteiger partial charge in [-0.3, -0.25) is 0 Å². The number of hydrogen-bond donors (Lipinski definition) is 2. The second kappa shape index (κ2) is 8.01. The van der Waals surface area contributed by atoms with Gasteiger partial charge in [-0.25, -0.2) is 0 Å². The lowest BCUT2D eigenvalue weighted by Gasteiger charge is -2.21. The maximum Gasteiger partial charge on any atom is 0.158 e. The number of allylic oxidation sites excluding steroid dienone is 5. The Morgan fingerprint density at radius 1 is 0.679 bits per heavy atom. The van der Waals surface area contributed by atoms with Gasteiger partial charge < -0.3 is 10.2 Å². The number of aromatic hydroxyl groups is 2. The molecule has 1 aliphatic rings. The second-order valence-corrected chi connectivity index (χ2v) is 6.93. The van der Waals surface area contributed by atoms with Crippen molar-refractivity contribution in [3.63, 3.8) is 0 Å². The summed E-state index contributed by atoms with van der Waals surface area (Å²) in [6, 6.07) is 25.7. The molecule has 0 saturated carbocycles. The van der Waals surface area contributed by atoms with Crippen molar-refractivity contribution < 1.29 is 10.2 Å². The molecule has 0 aromatic heterocycles. The fraction of sp³-hybridized carbons (Fsp3) is 0.0769. The van der Waals surface area contributed by atoms with Gasteiger partial charge in [-0.2, -0.15) is 0 Å². The van der Waals surface area contributed by atoms with E-state index in [2.05, 4.69) is 60.7 Å². The summed E-state index contributed by atoms with van der Waals surface area (Å²) < 4.78 is 0. The summed E-state index contributed by atoms with van der Waals surface area (Å²) in [5.41, 5.74) is 5.56. The van der Waals surface area contributed by atoms with Crippen molar-refractivity contribution in [3.05, 3.63) is 125 Å². The topological polar surface area (TPSA) is 40.5 Å². The lowest BCUT2D eigenvalue weighted by atomic mass is 9.83. The molecular formula is C26H22O2. The van der Waals surface area contributed by atoms with Gasteiger partial charge in [0.05, 0.1) is 0 Å². The summed E-state index contributed by atoms with van der Waals surface area (Å²) in [5, 5.41) is 19.9. The molecule has 0 atom stereocenters. The smallest absolute Gasteiger partial charge is 0.158 e. The summed E-state index contributed by atoms with van der Waals surface area (Å²) >= 11 is 0. The summed E-state index contributed by atoms with van der Waals surface area (Å²) in [5.74, 6) is -0.0321. The normalized spacial score (nSPS) is 14.3. The van der Waals surface area contributed by atoms with Crippen LogP contribution in [0.1, 0.15) is 16.7 Å². The Hall–Kier alpha value is -3.52. The first-order chi connectivity index (χ1) is 13.7. The molecule has 3 aromatic rings. The third kappa shape index (κ3) is 3.77. The highest BCUT2D eigenvalue weighted by Crippen LogP contribution is 2.37. The Balaban J connectivity index is 1.95. The van der Waals surface area contributed by atoms with Crippen LogP contribution in [0.5, 0.6) is 11.5 Å². The number of benzene rings is 3. The molecule has 0 unspecified atom stereocenters. The van der Waals surface area contributed by atoms with Gasteiger partial charge in [0, 0.05) is 5.92 Å². The van der Waals surface area contributed by atoms with Gasteiger partial charge >= 0.3 is 0 Å². The van der Waals surface area contributed by atoms with E-state index in [1.165, 1.54) is 11.1 Å². The van der Waals surface area contributed by atoms with Crippen molar-refractivity contribution in [2.24, 2.45) is 5.92 Å². The Labute approximate surface area is 165 Å². The van der Waals surface area contributed by atoms with E-state index in [1.807, 2.05) is 30.3 Å². The summed E-state index contributed by atoms with van der Waals surface area (Å²) in [6.07, 6.45) is 9.34. The van der Waals surface area contributed by atoms with E-state index in [4.69, 9.17) is 0 Å². The summed E-state index contributed by atoms with van der Waals surface area (Å²) in [7, 11) is 0. The lowest BCUT2D eigenvalue weighted by molar-refractivity contribution is 0.403. The SMILES string of the molecule is Oc1ccc(/C(=C(/Cc2ccccc2)C2C=CC=C2)c2ccccc2)cc1O. The van der Waals surface area contributed by atoms with Gasteiger partial charge in [-0.15, -0.1) is 0 Å². The minimum atomic E-state index is -0.110. The van der Waals surface area contributed by atoms with Crippen LogP contribution in [0.25, 0.3) is 5.57 Å². The van der Waals surface area contributed by atoms with E-state index in [-0.39, 0.29) is 17.4 Å². The Morgan fingerprint density at radius 3 is 1.96 bits per heavy atom. The number of hydrogen-bond acceptors (Lipinski definition) is 2. The molecule has 0 fully saturated rings. The molecule has 2 heteroatoms. The molecule has 4 rings (SSSR count). The number of rotatable bonds is 5. The van der Waals surface area contributed by atoms with Crippen LogP contribution >= 0.6 is 0 Å². The zero-order chi connectivity index (χ0) is 19.3. The van der Waals surface area contributed by atoms with Crippen molar-refractivity contribution >= 4 is 5.57 Å². The molecule has 0 spiro atoms. The highest BCUT2D eigenvalue weighted by atomic mass is 16.3. The first-order valence-corrected chi connectivity index (χ1v) is 9.42. The van der Waals surface area contributed by atoms with Crippen molar-refractivity contribution in [1.82, 2.24) is 0 Å². The van der Waals surface area contributed by atoms with E-state index < -0.39 is 0 Å². The molecule has 0 heterocycles. The molecule has 0 amide bonds. The zero-order valence-corrected chi connectivity index (χ0v) is 15.5. The molecule has 2 nitrogen and oxygen atoms in total. The predicted molar refractivity (Wildman–Crippen MR) is 114 cm³/mol. The minimum Gasteiger partial charge on any atom is -0.504 e. The third-order valence-corrected chi connectivity index (χ3v) is 5.04. The van der Waals surface area contributed by atoms with Gasteiger partial charge in [0.1, 0.15) is 0 Å². The van der Waals surface area contributed by atoms with Crippen LogP contribution in [0, 0.1) is 5.92 Å². The van der Waals surface area contributed by atoms with E-state index in [0.29, 0.717) is 0 Å². The lowest BCUT2D eigenvalue weighted by Crippen LogP contribution is -2.06. The van der Waals surface area contributed by atoms with Crippen LogP contribution in [-0.2, 0) is 6.42 Å². The highest BCUT2D eigenvalue weighted by Gasteiger charge is 2.20. The largest absolute Gasteiger partial charge is 0.504 e. The maximum absolute atomic E-state index is 10.1. The Morgan fingerprint density at radius 2 is 1.32 bits per heavy atom. The first kappa shape index (κ1) is 17.9. The van der Waals surface area contributed by atoms with Crippen LogP contribution in [0.2, 0.25) is 0 Å². The zero-order valence-electron chi connectivity index (χ0n) is 15.5. The van der Waals surface area contributed by atoms with Crippen molar-refractivity contribution in [2.75, 3.05) is 0 Å². The Bertz CT molecular complexity index is 1030. The first-order valence-electron chi connectivity index (χ1n) is 9.42. The van der Waals surface area contributed by atoms with Gasteiger partial charge in [-0.1, -0.05) is 91.0 Å². The van der Waals surface area contributed by atoms with Crippen molar-refractivity contribution in [2.45, 2.75) is 6.42 Å². The standard InChI is InChI=1S/C26H22O2/c27-24-16-15-22(18-25(24)28)26(21-13-5-2-6-14-21)23(20-11-7-8-12-20)17-19-9-3-1-4-10-19/h1-16,18,20,27-28H,17H2/b26-23-. The quantitative estimate of drug-likeness (QED) is 0.553. The van der Waals surface area contributed by atoms with E-state index in [1.54, 1.807) is 12.1 Å². The molecule has 0 bridgehead atoms. The van der Waals surface area contributed by atoms with Gasteiger partial charge in [0.2, 0.25) is 0 Å². The number of phenols is 2. The fourth-order valence-electron chi connectivity index (χ4n) is 3.67. The Kier molecular flexibility index (Phi) is 5.11. The monoisotopic (exact) mass is 366 g/mol. The second-order valence-electron chi connectivity index (χ2n) is 6.93. The van der Waals surface area contributed by atoms with Crippen LogP contribution in [0.3, 0.4) is 0 Å². The summed E-state index contributed by atoms with van der Waals surface area (Å²) in [6.45, 7) is 0. The van der Waals surface area contributed by atoms with E-state index in [0.717, 1.165) is 23.1 Å². The van der Waals surface area contributed by atoms with Crippen molar-refractivity contribution in [1.29, 1.82) is 0 Å². The predicted octanol–water partition coefficient (Wildman–Crippen LogP) is 5.88. The van der Waals surface area contributed by atoms with E-state index >= 15 is 0 Å². The highest BCUT2D eigenvalue weighted by molar-refractivity contribution is 5.84. The number of phenolic OH excluding ortho intramolecular Hbond substituents is 2. The van der Waals surface area contributed by atoms with Crippen LogP contribution in [0.4, 0.5) is 0 Å². The van der Waals surface area contributed by atoms with Crippen molar-refractivity contribution in [3.8, 4) is 11.5 Å². The molecule has 28 heavy (non-hydrogen) atoms. The van der Waals surface area contributed by atoms with Gasteiger partial charge in [0.15, 0.2) is 11.5 Å². The van der Waals surface area contributed by atoms with Gasteiger partial charge in [-0.05, 0) is 46.4 Å². The summed E-state index contributed by atoms with van der Waals surface area (Å²) in [4.78, 5) is 0. The molecule has 2 N–H and O–H groups in total. The molecule has 3 aromatic carbocycles. The molecular weight excluding hydrogens is 344 g/mol. The third-order valence-electron chi connectivity index (χ3n) is 5.04. The van der Waals surface area contributed by atoms with Gasteiger partial charge in [0.25, 0.3) is 0 Å². The molecule has 138 valence electrons. The van der Waals surface area contributed by atoms with E-state index in [9.17, 15) is 10.2 Å². The van der Waals surface area contributed by atoms with Crippen LogP contribution in [0.15, 0.2) is 109 Å².